The van der Waals surface area contributed by atoms with E-state index in [2.05, 4.69) is 9.88 Å². The number of likely N-dealkylation sites (N-methyl/N-ethyl adjacent to an activating group) is 1. The van der Waals surface area contributed by atoms with E-state index < -0.39 is 5.60 Å². The first-order valence-electron chi connectivity index (χ1n) is 8.51. The first kappa shape index (κ1) is 17.8. The van der Waals surface area contributed by atoms with Crippen LogP contribution in [0.3, 0.4) is 0 Å². The van der Waals surface area contributed by atoms with Gasteiger partial charge in [0.1, 0.15) is 5.60 Å². The van der Waals surface area contributed by atoms with Crippen LogP contribution in [0.5, 0.6) is 0 Å². The van der Waals surface area contributed by atoms with Crippen molar-refractivity contribution in [2.45, 2.75) is 56.9 Å². The summed E-state index contributed by atoms with van der Waals surface area (Å²) in [5.41, 5.74) is 0.654. The Morgan fingerprint density at radius 3 is 2.83 bits per heavy atom. The van der Waals surface area contributed by atoms with Gasteiger partial charge in [0, 0.05) is 44.7 Å². The minimum Gasteiger partial charge on any atom is -0.386 e. The zero-order valence-corrected chi connectivity index (χ0v) is 15.5. The maximum Gasteiger partial charge on any atom is 0.219 e. The predicted octanol–water partition coefficient (Wildman–Crippen LogP) is 1.50. The lowest BCUT2D eigenvalue weighted by Crippen LogP contribution is -2.63. The highest BCUT2D eigenvalue weighted by molar-refractivity contribution is 7.09. The summed E-state index contributed by atoms with van der Waals surface area (Å²) in [6.07, 6.45) is 4.50. The molecule has 1 aromatic heterocycles. The SMILES string of the molecule is CC(=O)N(C)[C@H]1CC2(CCN(Cc3cncs3)CC2)OC[C@]1(C)O. The highest BCUT2D eigenvalue weighted by atomic mass is 32.1. The Hall–Kier alpha value is -1.02. The summed E-state index contributed by atoms with van der Waals surface area (Å²) in [5, 5.41) is 10.7. The van der Waals surface area contributed by atoms with Crippen molar-refractivity contribution in [2.75, 3.05) is 26.7 Å². The van der Waals surface area contributed by atoms with Crippen LogP contribution in [0.2, 0.25) is 0 Å². The monoisotopic (exact) mass is 353 g/mol. The van der Waals surface area contributed by atoms with E-state index in [1.807, 2.05) is 11.7 Å². The molecule has 0 saturated carbocycles. The van der Waals surface area contributed by atoms with Crippen molar-refractivity contribution in [2.24, 2.45) is 0 Å². The van der Waals surface area contributed by atoms with Crippen molar-refractivity contribution in [3.05, 3.63) is 16.6 Å². The van der Waals surface area contributed by atoms with Crippen LogP contribution in [0.1, 0.15) is 38.0 Å². The smallest absolute Gasteiger partial charge is 0.219 e. The molecule has 2 aliphatic rings. The normalized spacial score (nSPS) is 30.4. The van der Waals surface area contributed by atoms with Crippen LogP contribution in [0.4, 0.5) is 0 Å². The fourth-order valence-corrected chi connectivity index (χ4v) is 4.44. The quantitative estimate of drug-likeness (QED) is 0.892. The number of carbonyl (C=O) groups excluding carboxylic acids is 1. The van der Waals surface area contributed by atoms with Crippen LogP contribution >= 0.6 is 11.3 Å². The predicted molar refractivity (Wildman–Crippen MR) is 92.8 cm³/mol. The number of piperidine rings is 1. The number of aliphatic hydroxyl groups is 1. The molecule has 1 spiro atoms. The number of carbonyl (C=O) groups is 1. The molecule has 0 aromatic carbocycles. The van der Waals surface area contributed by atoms with Crippen LogP contribution in [-0.4, -0.2) is 69.8 Å². The van der Waals surface area contributed by atoms with Crippen molar-refractivity contribution < 1.29 is 14.6 Å². The Balaban J connectivity index is 1.63. The molecule has 1 aromatic rings. The Kier molecular flexibility index (Phi) is 4.97. The zero-order valence-electron chi connectivity index (χ0n) is 14.7. The third-order valence-electron chi connectivity index (χ3n) is 5.55. The number of hydrogen-bond acceptors (Lipinski definition) is 6. The maximum atomic E-state index is 11.8. The second-order valence-electron chi connectivity index (χ2n) is 7.42. The van der Waals surface area contributed by atoms with Gasteiger partial charge in [-0.15, -0.1) is 11.3 Å². The van der Waals surface area contributed by atoms with E-state index in [0.29, 0.717) is 6.42 Å². The summed E-state index contributed by atoms with van der Waals surface area (Å²) in [6.45, 7) is 6.48. The summed E-state index contributed by atoms with van der Waals surface area (Å²) in [6, 6.07) is -0.197. The second-order valence-corrected chi connectivity index (χ2v) is 8.39. The lowest BCUT2D eigenvalue weighted by molar-refractivity contribution is -0.209. The summed E-state index contributed by atoms with van der Waals surface area (Å²) in [7, 11) is 1.78. The van der Waals surface area contributed by atoms with E-state index in [4.69, 9.17) is 4.74 Å². The van der Waals surface area contributed by atoms with Crippen LogP contribution < -0.4 is 0 Å². The molecule has 24 heavy (non-hydrogen) atoms. The third-order valence-corrected chi connectivity index (χ3v) is 6.31. The molecular formula is C17H27N3O3S. The number of ether oxygens (including phenoxy) is 1. The minimum atomic E-state index is -0.995. The van der Waals surface area contributed by atoms with Crippen LogP contribution in [0.25, 0.3) is 0 Å². The maximum absolute atomic E-state index is 11.8. The number of likely N-dealkylation sites (tertiary alicyclic amines) is 1. The van der Waals surface area contributed by atoms with Crippen LogP contribution in [-0.2, 0) is 16.1 Å². The molecule has 1 amide bonds. The molecule has 2 saturated heterocycles. The van der Waals surface area contributed by atoms with E-state index in [1.165, 1.54) is 4.88 Å². The molecule has 134 valence electrons. The largest absolute Gasteiger partial charge is 0.386 e. The summed E-state index contributed by atoms with van der Waals surface area (Å²) >= 11 is 1.69. The molecule has 2 atom stereocenters. The van der Waals surface area contributed by atoms with Gasteiger partial charge in [0.25, 0.3) is 0 Å². The molecule has 2 aliphatic heterocycles. The van der Waals surface area contributed by atoms with Gasteiger partial charge in [0.2, 0.25) is 5.91 Å². The summed E-state index contributed by atoms with van der Waals surface area (Å²) < 4.78 is 6.14. The van der Waals surface area contributed by atoms with Gasteiger partial charge in [0.15, 0.2) is 0 Å². The first-order chi connectivity index (χ1) is 11.3. The van der Waals surface area contributed by atoms with Gasteiger partial charge in [-0.2, -0.15) is 0 Å². The van der Waals surface area contributed by atoms with Crippen LogP contribution in [0, 0.1) is 0 Å². The average molecular weight is 353 g/mol. The molecular weight excluding hydrogens is 326 g/mol. The van der Waals surface area contributed by atoms with Crippen molar-refractivity contribution in [3.63, 3.8) is 0 Å². The number of rotatable bonds is 3. The van der Waals surface area contributed by atoms with E-state index in [1.54, 1.807) is 37.1 Å². The lowest BCUT2D eigenvalue weighted by Gasteiger charge is -2.52. The van der Waals surface area contributed by atoms with Crippen molar-refractivity contribution in [1.29, 1.82) is 0 Å². The molecule has 0 unspecified atom stereocenters. The van der Waals surface area contributed by atoms with Gasteiger partial charge >= 0.3 is 0 Å². The molecule has 0 aliphatic carbocycles. The lowest BCUT2D eigenvalue weighted by atomic mass is 9.77. The molecule has 7 heteroatoms. The second kappa shape index (κ2) is 6.71. The van der Waals surface area contributed by atoms with E-state index in [-0.39, 0.29) is 24.2 Å². The Morgan fingerprint density at radius 1 is 1.54 bits per heavy atom. The average Bonchev–Trinajstić information content (AvgIpc) is 3.04. The minimum absolute atomic E-state index is 0.0139. The van der Waals surface area contributed by atoms with Crippen molar-refractivity contribution in [3.8, 4) is 0 Å². The van der Waals surface area contributed by atoms with Crippen LogP contribution in [0.15, 0.2) is 11.7 Å². The number of thiazole rings is 1. The zero-order chi connectivity index (χ0) is 17.4. The van der Waals surface area contributed by atoms with E-state index >= 15 is 0 Å². The molecule has 1 N–H and O–H groups in total. The number of aromatic nitrogens is 1. The Labute approximate surface area is 147 Å². The van der Waals surface area contributed by atoms with Gasteiger partial charge in [-0.3, -0.25) is 14.7 Å². The van der Waals surface area contributed by atoms with Crippen molar-refractivity contribution >= 4 is 17.2 Å². The Bertz CT molecular complexity index is 568. The highest BCUT2D eigenvalue weighted by Crippen LogP contribution is 2.40. The molecule has 0 radical (unpaired) electrons. The fraction of sp³-hybridized carbons (Fsp3) is 0.765. The van der Waals surface area contributed by atoms with E-state index in [0.717, 1.165) is 32.5 Å². The van der Waals surface area contributed by atoms with Crippen molar-refractivity contribution in [1.82, 2.24) is 14.8 Å². The summed E-state index contributed by atoms with van der Waals surface area (Å²) in [5.74, 6) is -0.0139. The van der Waals surface area contributed by atoms with Gasteiger partial charge in [-0.1, -0.05) is 0 Å². The molecule has 3 heterocycles. The molecule has 2 fully saturated rings. The first-order valence-corrected chi connectivity index (χ1v) is 9.39. The number of amides is 1. The van der Waals surface area contributed by atoms with Gasteiger partial charge in [-0.25, -0.2) is 0 Å². The number of nitrogens with zero attached hydrogens (tertiary/aromatic N) is 3. The van der Waals surface area contributed by atoms with Gasteiger partial charge < -0.3 is 14.7 Å². The molecule has 6 nitrogen and oxygen atoms in total. The summed E-state index contributed by atoms with van der Waals surface area (Å²) in [4.78, 5) is 21.3. The van der Waals surface area contributed by atoms with Gasteiger partial charge in [-0.05, 0) is 26.2 Å². The third kappa shape index (κ3) is 3.64. The highest BCUT2D eigenvalue weighted by Gasteiger charge is 2.50. The Morgan fingerprint density at radius 2 is 2.25 bits per heavy atom. The van der Waals surface area contributed by atoms with Gasteiger partial charge in [0.05, 0.1) is 23.8 Å². The standard InChI is InChI=1S/C17H27N3O3S/c1-13(21)19(3)15-8-17(23-11-16(15,2)22)4-6-20(7-5-17)10-14-9-18-12-24-14/h9,12,15,22H,4-8,10-11H2,1-3H3/t15-,16-/m0/s1. The molecule has 3 rings (SSSR count). The number of hydrogen-bond donors (Lipinski definition) is 1. The molecule has 0 bridgehead atoms. The van der Waals surface area contributed by atoms with E-state index in [9.17, 15) is 9.90 Å². The topological polar surface area (TPSA) is 65.9 Å². The fourth-order valence-electron chi connectivity index (χ4n) is 3.81.